The minimum absolute atomic E-state index is 0.153. The molecule has 0 aliphatic heterocycles. The summed E-state index contributed by atoms with van der Waals surface area (Å²) < 4.78 is 2.16. The fourth-order valence-electron chi connectivity index (χ4n) is 2.00. The van der Waals surface area contributed by atoms with E-state index in [2.05, 4.69) is 73.3 Å². The summed E-state index contributed by atoms with van der Waals surface area (Å²) in [4.78, 5) is 4.39. The first-order valence-corrected chi connectivity index (χ1v) is 7.81. The van der Waals surface area contributed by atoms with Gasteiger partial charge in [0.25, 0.3) is 0 Å². The zero-order chi connectivity index (χ0) is 13.8. The molecule has 0 fully saturated rings. The van der Waals surface area contributed by atoms with Gasteiger partial charge in [0.05, 0.1) is 6.04 Å². The number of hydrogen-bond acceptors (Lipinski definition) is 2. The number of nitrogens with one attached hydrogen (secondary N) is 1. The van der Waals surface area contributed by atoms with Gasteiger partial charge in [-0.25, -0.2) is 0 Å². The minimum Gasteiger partial charge on any atom is -0.306 e. The van der Waals surface area contributed by atoms with Gasteiger partial charge in [0, 0.05) is 20.8 Å². The van der Waals surface area contributed by atoms with E-state index >= 15 is 0 Å². The first-order valence-electron chi connectivity index (χ1n) is 6.22. The summed E-state index contributed by atoms with van der Waals surface area (Å²) in [6.45, 7) is 5.02. The van der Waals surface area contributed by atoms with Crippen molar-refractivity contribution in [2.45, 2.75) is 19.9 Å². The second kappa shape index (κ2) is 6.64. The molecule has 100 valence electrons. The fraction of sp³-hybridized carbons (Fsp3) is 0.267. The van der Waals surface area contributed by atoms with E-state index < -0.39 is 0 Å². The van der Waals surface area contributed by atoms with Crippen molar-refractivity contribution in [3.05, 3.63) is 62.3 Å². The van der Waals surface area contributed by atoms with Gasteiger partial charge in [-0.05, 0) is 42.8 Å². The van der Waals surface area contributed by atoms with E-state index in [1.165, 1.54) is 11.1 Å². The van der Waals surface area contributed by atoms with Crippen LogP contribution in [0.5, 0.6) is 0 Å². The Morgan fingerprint density at radius 3 is 2.58 bits per heavy atom. The largest absolute Gasteiger partial charge is 0.306 e. The molecule has 2 rings (SSSR count). The van der Waals surface area contributed by atoms with E-state index in [9.17, 15) is 0 Å². The highest BCUT2D eigenvalue weighted by molar-refractivity contribution is 9.11. The van der Waals surface area contributed by atoms with E-state index in [1.54, 1.807) is 0 Å². The quantitative estimate of drug-likeness (QED) is 0.833. The number of aromatic nitrogens is 1. The Morgan fingerprint density at radius 2 is 2.00 bits per heavy atom. The van der Waals surface area contributed by atoms with E-state index in [-0.39, 0.29) is 6.04 Å². The molecule has 1 aromatic carbocycles. The second-order valence-corrected chi connectivity index (χ2v) is 6.16. The van der Waals surface area contributed by atoms with Gasteiger partial charge >= 0.3 is 0 Å². The molecule has 0 bridgehead atoms. The van der Waals surface area contributed by atoms with E-state index in [1.807, 2.05) is 19.2 Å². The highest BCUT2D eigenvalue weighted by Gasteiger charge is 2.16. The number of halogens is 2. The molecule has 4 heteroatoms. The SMILES string of the molecule is CCNC(c1ccc(C)nc1)c1ccc(Br)cc1Br. The smallest absolute Gasteiger partial charge is 0.0603 e. The van der Waals surface area contributed by atoms with Crippen LogP contribution in [0.1, 0.15) is 29.8 Å². The third-order valence-electron chi connectivity index (χ3n) is 2.95. The first-order chi connectivity index (χ1) is 9.11. The predicted molar refractivity (Wildman–Crippen MR) is 86.3 cm³/mol. The van der Waals surface area contributed by atoms with Crippen LogP contribution in [0.3, 0.4) is 0 Å². The lowest BCUT2D eigenvalue weighted by Gasteiger charge is -2.20. The van der Waals surface area contributed by atoms with Crippen LogP contribution in [0, 0.1) is 6.92 Å². The summed E-state index contributed by atoms with van der Waals surface area (Å²) in [5.41, 5.74) is 3.43. The zero-order valence-electron chi connectivity index (χ0n) is 11.0. The standard InChI is InChI=1S/C15H16Br2N2/c1-3-18-15(11-5-4-10(2)19-9-11)13-7-6-12(16)8-14(13)17/h4-9,15,18H,3H2,1-2H3. The molecule has 1 unspecified atom stereocenters. The summed E-state index contributed by atoms with van der Waals surface area (Å²) >= 11 is 7.13. The van der Waals surface area contributed by atoms with Gasteiger partial charge < -0.3 is 5.32 Å². The third kappa shape index (κ3) is 3.65. The molecule has 2 nitrogen and oxygen atoms in total. The third-order valence-corrected chi connectivity index (χ3v) is 4.13. The monoisotopic (exact) mass is 382 g/mol. The minimum atomic E-state index is 0.153. The topological polar surface area (TPSA) is 24.9 Å². The predicted octanol–water partition coefficient (Wildman–Crippen LogP) is 4.61. The number of pyridine rings is 1. The molecule has 1 aromatic heterocycles. The number of nitrogens with zero attached hydrogens (tertiary/aromatic N) is 1. The maximum atomic E-state index is 4.39. The van der Waals surface area contributed by atoms with Crippen molar-refractivity contribution in [1.29, 1.82) is 0 Å². The van der Waals surface area contributed by atoms with Crippen LogP contribution in [0.2, 0.25) is 0 Å². The number of rotatable bonds is 4. The van der Waals surface area contributed by atoms with Crippen LogP contribution in [-0.4, -0.2) is 11.5 Å². The van der Waals surface area contributed by atoms with Crippen LogP contribution in [0.4, 0.5) is 0 Å². The normalized spacial score (nSPS) is 12.4. The molecule has 0 saturated carbocycles. The molecule has 1 heterocycles. The summed E-state index contributed by atoms with van der Waals surface area (Å²) in [6, 6.07) is 10.6. The molecule has 1 atom stereocenters. The molecule has 2 aromatic rings. The Morgan fingerprint density at radius 1 is 1.21 bits per heavy atom. The fourth-order valence-corrected chi connectivity index (χ4v) is 3.27. The van der Waals surface area contributed by atoms with Gasteiger partial charge in [-0.2, -0.15) is 0 Å². The number of hydrogen-bond donors (Lipinski definition) is 1. The van der Waals surface area contributed by atoms with Crippen LogP contribution >= 0.6 is 31.9 Å². The average molecular weight is 384 g/mol. The summed E-state index contributed by atoms with van der Waals surface area (Å²) in [5, 5.41) is 3.51. The Bertz CT molecular complexity index is 553. The van der Waals surface area contributed by atoms with Crippen molar-refractivity contribution in [2.24, 2.45) is 0 Å². The van der Waals surface area contributed by atoms with Crippen LogP contribution in [0.15, 0.2) is 45.5 Å². The molecule has 0 radical (unpaired) electrons. The molecule has 0 amide bonds. The van der Waals surface area contributed by atoms with E-state index in [4.69, 9.17) is 0 Å². The Hall–Kier alpha value is -0.710. The zero-order valence-corrected chi connectivity index (χ0v) is 14.1. The molecule has 1 N–H and O–H groups in total. The summed E-state index contributed by atoms with van der Waals surface area (Å²) in [7, 11) is 0. The van der Waals surface area contributed by atoms with Gasteiger partial charge in [0.2, 0.25) is 0 Å². The van der Waals surface area contributed by atoms with E-state index in [0.29, 0.717) is 0 Å². The Labute approximate surface area is 130 Å². The van der Waals surface area contributed by atoms with Crippen molar-refractivity contribution in [3.8, 4) is 0 Å². The molecule has 0 saturated heterocycles. The lowest BCUT2D eigenvalue weighted by atomic mass is 10.00. The van der Waals surface area contributed by atoms with Gasteiger partial charge in [0.15, 0.2) is 0 Å². The number of benzene rings is 1. The maximum Gasteiger partial charge on any atom is 0.0603 e. The highest BCUT2D eigenvalue weighted by Crippen LogP contribution is 2.30. The lowest BCUT2D eigenvalue weighted by Crippen LogP contribution is -2.22. The van der Waals surface area contributed by atoms with Crippen molar-refractivity contribution in [2.75, 3.05) is 6.54 Å². The lowest BCUT2D eigenvalue weighted by molar-refractivity contribution is 0.626. The number of aryl methyl sites for hydroxylation is 1. The Balaban J connectivity index is 2.41. The maximum absolute atomic E-state index is 4.39. The molecule has 0 spiro atoms. The van der Waals surface area contributed by atoms with Gasteiger partial charge in [-0.15, -0.1) is 0 Å². The van der Waals surface area contributed by atoms with Crippen molar-refractivity contribution < 1.29 is 0 Å². The second-order valence-electron chi connectivity index (χ2n) is 4.39. The highest BCUT2D eigenvalue weighted by atomic mass is 79.9. The van der Waals surface area contributed by atoms with Crippen LogP contribution in [0.25, 0.3) is 0 Å². The van der Waals surface area contributed by atoms with Gasteiger partial charge in [0.1, 0.15) is 0 Å². The Kier molecular flexibility index (Phi) is 5.13. The van der Waals surface area contributed by atoms with Gasteiger partial charge in [-0.3, -0.25) is 4.98 Å². The van der Waals surface area contributed by atoms with Crippen LogP contribution in [-0.2, 0) is 0 Å². The summed E-state index contributed by atoms with van der Waals surface area (Å²) in [6.07, 6.45) is 1.94. The van der Waals surface area contributed by atoms with Crippen molar-refractivity contribution in [1.82, 2.24) is 10.3 Å². The summed E-state index contributed by atoms with van der Waals surface area (Å²) in [5.74, 6) is 0. The van der Waals surface area contributed by atoms with Crippen LogP contribution < -0.4 is 5.32 Å². The van der Waals surface area contributed by atoms with Crippen molar-refractivity contribution >= 4 is 31.9 Å². The molecule has 0 aliphatic rings. The molecular weight excluding hydrogens is 368 g/mol. The average Bonchev–Trinajstić information content (AvgIpc) is 2.38. The first kappa shape index (κ1) is 14.7. The molecule has 19 heavy (non-hydrogen) atoms. The van der Waals surface area contributed by atoms with E-state index in [0.717, 1.165) is 21.2 Å². The molecular formula is C15H16Br2N2. The molecule has 0 aliphatic carbocycles. The van der Waals surface area contributed by atoms with Gasteiger partial charge in [-0.1, -0.05) is 50.9 Å². The van der Waals surface area contributed by atoms with Crippen molar-refractivity contribution in [3.63, 3.8) is 0 Å².